The fraction of sp³-hybridized carbons (Fsp3) is 0.133. The number of rotatable bonds is 3. The molecule has 0 aliphatic heterocycles. The first-order valence-corrected chi connectivity index (χ1v) is 7.78. The van der Waals surface area contributed by atoms with E-state index in [0.717, 1.165) is 5.56 Å². The van der Waals surface area contributed by atoms with Gasteiger partial charge in [0.2, 0.25) is 15.7 Å². The SMILES string of the molecule is CC(=O)Nc1ccc(S(=O)(=O)c2ccc(C)cc2)cc1N. The van der Waals surface area contributed by atoms with Crippen molar-refractivity contribution in [1.29, 1.82) is 0 Å². The topological polar surface area (TPSA) is 89.3 Å². The highest BCUT2D eigenvalue weighted by Gasteiger charge is 2.18. The Bertz CT molecular complexity index is 781. The summed E-state index contributed by atoms with van der Waals surface area (Å²) in [6, 6.07) is 10.9. The van der Waals surface area contributed by atoms with Crippen LogP contribution in [0.5, 0.6) is 0 Å². The van der Waals surface area contributed by atoms with Crippen molar-refractivity contribution in [3.63, 3.8) is 0 Å². The van der Waals surface area contributed by atoms with Crippen LogP contribution in [0.3, 0.4) is 0 Å². The Morgan fingerprint density at radius 1 is 1.05 bits per heavy atom. The van der Waals surface area contributed by atoms with Crippen LogP contribution in [0.15, 0.2) is 52.3 Å². The van der Waals surface area contributed by atoms with Gasteiger partial charge in [-0.15, -0.1) is 0 Å². The Labute approximate surface area is 123 Å². The molecule has 0 atom stereocenters. The average molecular weight is 304 g/mol. The Balaban J connectivity index is 2.43. The van der Waals surface area contributed by atoms with Crippen LogP contribution < -0.4 is 11.1 Å². The molecule has 2 aromatic rings. The van der Waals surface area contributed by atoms with Crippen molar-refractivity contribution in [3.05, 3.63) is 48.0 Å². The summed E-state index contributed by atoms with van der Waals surface area (Å²) in [4.78, 5) is 11.3. The van der Waals surface area contributed by atoms with E-state index >= 15 is 0 Å². The highest BCUT2D eigenvalue weighted by molar-refractivity contribution is 7.91. The van der Waals surface area contributed by atoms with Gasteiger partial charge in [0, 0.05) is 6.92 Å². The molecular formula is C15H16N2O3S. The second-order valence-electron chi connectivity index (χ2n) is 4.75. The van der Waals surface area contributed by atoms with Crippen molar-refractivity contribution in [2.24, 2.45) is 0 Å². The lowest BCUT2D eigenvalue weighted by Gasteiger charge is -2.10. The first-order valence-electron chi connectivity index (χ1n) is 6.29. The molecule has 1 amide bonds. The molecular weight excluding hydrogens is 288 g/mol. The Morgan fingerprint density at radius 2 is 1.62 bits per heavy atom. The third-order valence-corrected chi connectivity index (χ3v) is 4.74. The Kier molecular flexibility index (Phi) is 3.99. The third kappa shape index (κ3) is 3.22. The molecule has 110 valence electrons. The van der Waals surface area contributed by atoms with Gasteiger partial charge in [-0.05, 0) is 37.3 Å². The number of amides is 1. The van der Waals surface area contributed by atoms with Crippen LogP contribution in [0.2, 0.25) is 0 Å². The fourth-order valence-electron chi connectivity index (χ4n) is 1.86. The summed E-state index contributed by atoms with van der Waals surface area (Å²) >= 11 is 0. The third-order valence-electron chi connectivity index (χ3n) is 2.98. The molecule has 0 bridgehead atoms. The molecule has 6 heteroatoms. The molecule has 3 N–H and O–H groups in total. The molecule has 5 nitrogen and oxygen atoms in total. The highest BCUT2D eigenvalue weighted by Crippen LogP contribution is 2.27. The Hall–Kier alpha value is -2.34. The van der Waals surface area contributed by atoms with Gasteiger partial charge >= 0.3 is 0 Å². The number of hydrogen-bond acceptors (Lipinski definition) is 4. The number of sulfone groups is 1. The fourth-order valence-corrected chi connectivity index (χ4v) is 3.16. The van der Waals surface area contributed by atoms with Gasteiger partial charge in [-0.1, -0.05) is 17.7 Å². The van der Waals surface area contributed by atoms with Gasteiger partial charge in [-0.2, -0.15) is 0 Å². The van der Waals surface area contributed by atoms with E-state index in [9.17, 15) is 13.2 Å². The number of carbonyl (C=O) groups excluding carboxylic acids is 1. The van der Waals surface area contributed by atoms with E-state index in [1.807, 2.05) is 6.92 Å². The number of nitrogen functional groups attached to an aromatic ring is 1. The van der Waals surface area contributed by atoms with Crippen LogP contribution in [0, 0.1) is 6.92 Å². The summed E-state index contributed by atoms with van der Waals surface area (Å²) in [6.07, 6.45) is 0. The van der Waals surface area contributed by atoms with Crippen molar-refractivity contribution >= 4 is 27.1 Å². The number of nitrogens with two attached hydrogens (primary N) is 1. The zero-order valence-corrected chi connectivity index (χ0v) is 12.6. The highest BCUT2D eigenvalue weighted by atomic mass is 32.2. The standard InChI is InChI=1S/C15H16N2O3S/c1-10-3-5-12(6-4-10)21(19,20)13-7-8-15(14(16)9-13)17-11(2)18/h3-9H,16H2,1-2H3,(H,17,18). The predicted octanol–water partition coefficient (Wildman–Crippen LogP) is 2.37. The van der Waals surface area contributed by atoms with E-state index in [0.29, 0.717) is 5.69 Å². The zero-order valence-electron chi connectivity index (χ0n) is 11.8. The van der Waals surface area contributed by atoms with Crippen molar-refractivity contribution in [2.45, 2.75) is 23.6 Å². The minimum Gasteiger partial charge on any atom is -0.397 e. The lowest BCUT2D eigenvalue weighted by molar-refractivity contribution is -0.114. The van der Waals surface area contributed by atoms with Crippen LogP contribution in [-0.4, -0.2) is 14.3 Å². The summed E-state index contributed by atoms with van der Waals surface area (Å²) in [6.45, 7) is 3.24. The van der Waals surface area contributed by atoms with Crippen LogP contribution >= 0.6 is 0 Å². The molecule has 0 unspecified atom stereocenters. The van der Waals surface area contributed by atoms with E-state index in [1.54, 1.807) is 24.3 Å². The molecule has 2 aromatic carbocycles. The molecule has 0 spiro atoms. The number of carbonyl (C=O) groups is 1. The quantitative estimate of drug-likeness (QED) is 0.852. The van der Waals surface area contributed by atoms with Gasteiger partial charge in [0.1, 0.15) is 0 Å². The van der Waals surface area contributed by atoms with Gasteiger partial charge in [0.25, 0.3) is 0 Å². The molecule has 0 aliphatic carbocycles. The lowest BCUT2D eigenvalue weighted by atomic mass is 10.2. The van der Waals surface area contributed by atoms with Crippen LogP contribution in [0.4, 0.5) is 11.4 Å². The monoisotopic (exact) mass is 304 g/mol. The maximum absolute atomic E-state index is 12.5. The number of nitrogens with one attached hydrogen (secondary N) is 1. The average Bonchev–Trinajstić information content (AvgIpc) is 2.41. The van der Waals surface area contributed by atoms with Crippen LogP contribution in [0.25, 0.3) is 0 Å². The van der Waals surface area contributed by atoms with Crippen molar-refractivity contribution in [3.8, 4) is 0 Å². The minimum absolute atomic E-state index is 0.0953. The van der Waals surface area contributed by atoms with Crippen molar-refractivity contribution in [1.82, 2.24) is 0 Å². The molecule has 0 radical (unpaired) electrons. The van der Waals surface area contributed by atoms with E-state index in [1.165, 1.54) is 25.1 Å². The summed E-state index contributed by atoms with van der Waals surface area (Å²) in [7, 11) is -3.62. The molecule has 2 rings (SSSR count). The molecule has 0 saturated heterocycles. The van der Waals surface area contributed by atoms with Gasteiger partial charge in [0.05, 0.1) is 21.2 Å². The summed E-state index contributed by atoms with van der Waals surface area (Å²) in [5.41, 5.74) is 7.37. The molecule has 0 heterocycles. The van der Waals surface area contributed by atoms with Gasteiger partial charge in [-0.3, -0.25) is 4.79 Å². The van der Waals surface area contributed by atoms with Gasteiger partial charge < -0.3 is 11.1 Å². The lowest BCUT2D eigenvalue weighted by Crippen LogP contribution is -2.09. The van der Waals surface area contributed by atoms with Crippen LogP contribution in [-0.2, 0) is 14.6 Å². The largest absolute Gasteiger partial charge is 0.397 e. The second kappa shape index (κ2) is 5.57. The molecule has 0 saturated carbocycles. The molecule has 0 aliphatic rings. The maximum atomic E-state index is 12.5. The predicted molar refractivity (Wildman–Crippen MR) is 81.8 cm³/mol. The summed E-state index contributed by atoms with van der Waals surface area (Å²) in [5.74, 6) is -0.268. The normalized spacial score (nSPS) is 11.1. The number of aryl methyl sites for hydroxylation is 1. The van der Waals surface area contributed by atoms with Crippen molar-refractivity contribution < 1.29 is 13.2 Å². The Morgan fingerprint density at radius 3 is 2.14 bits per heavy atom. The van der Waals surface area contributed by atoms with Gasteiger partial charge in [0.15, 0.2) is 0 Å². The first kappa shape index (κ1) is 15.1. The molecule has 0 fully saturated rings. The summed E-state index contributed by atoms with van der Waals surface area (Å²) in [5, 5.41) is 2.54. The number of anilines is 2. The van der Waals surface area contributed by atoms with Crippen molar-refractivity contribution in [2.75, 3.05) is 11.1 Å². The van der Waals surface area contributed by atoms with E-state index in [4.69, 9.17) is 5.73 Å². The van der Waals surface area contributed by atoms with Gasteiger partial charge in [-0.25, -0.2) is 8.42 Å². The minimum atomic E-state index is -3.62. The smallest absolute Gasteiger partial charge is 0.221 e. The summed E-state index contributed by atoms with van der Waals surface area (Å²) < 4.78 is 25.0. The number of hydrogen-bond donors (Lipinski definition) is 2. The van der Waals surface area contributed by atoms with E-state index in [2.05, 4.69) is 5.32 Å². The first-order chi connectivity index (χ1) is 9.80. The maximum Gasteiger partial charge on any atom is 0.221 e. The zero-order chi connectivity index (χ0) is 15.6. The van der Waals surface area contributed by atoms with Crippen LogP contribution in [0.1, 0.15) is 12.5 Å². The van der Waals surface area contributed by atoms with E-state index < -0.39 is 9.84 Å². The second-order valence-corrected chi connectivity index (χ2v) is 6.70. The van der Waals surface area contributed by atoms with E-state index in [-0.39, 0.29) is 21.4 Å². The number of benzene rings is 2. The molecule has 21 heavy (non-hydrogen) atoms. The molecule has 0 aromatic heterocycles.